The minimum Gasteiger partial charge on any atom is -0.462 e. The van der Waals surface area contributed by atoms with Crippen molar-refractivity contribution in [3.05, 3.63) is 24.3 Å². The zero-order valence-electron chi connectivity index (χ0n) is 45.5. The van der Waals surface area contributed by atoms with Gasteiger partial charge in [0.05, 0.1) is 19.8 Å². The minimum atomic E-state index is -4.74. The molecular weight excluding hydrogens is 904 g/mol. The van der Waals surface area contributed by atoms with Gasteiger partial charge in [-0.25, -0.2) is 4.57 Å². The lowest BCUT2D eigenvalue weighted by molar-refractivity contribution is -0.161. The normalized spacial score (nSPS) is 13.5. The molecule has 70 heavy (non-hydrogen) atoms. The van der Waals surface area contributed by atoms with Crippen LogP contribution in [-0.4, -0.2) is 66.5 Å². The third-order valence-corrected chi connectivity index (χ3v) is 13.8. The second-order valence-electron chi connectivity index (χ2n) is 19.8. The van der Waals surface area contributed by atoms with Crippen molar-refractivity contribution < 1.29 is 52.2 Å². The molecule has 0 saturated heterocycles. The van der Waals surface area contributed by atoms with Crippen LogP contribution in [0, 0.1) is 0 Å². The van der Waals surface area contributed by atoms with Crippen molar-refractivity contribution in [3.8, 4) is 0 Å². The van der Waals surface area contributed by atoms with E-state index in [-0.39, 0.29) is 25.9 Å². The summed E-state index contributed by atoms with van der Waals surface area (Å²) >= 11 is 0. The van der Waals surface area contributed by atoms with Crippen molar-refractivity contribution in [1.29, 1.82) is 0 Å². The van der Waals surface area contributed by atoms with Gasteiger partial charge in [0, 0.05) is 19.3 Å². The zero-order valence-corrected chi connectivity index (χ0v) is 46.4. The number of phosphoric acid groups is 1. The van der Waals surface area contributed by atoms with Crippen LogP contribution in [0.5, 0.6) is 0 Å². The predicted octanol–water partition coefficient (Wildman–Crippen LogP) is 17.0. The number of aliphatic hydroxyl groups is 1. The number of aliphatic hydroxyl groups excluding tert-OH is 1. The van der Waals surface area contributed by atoms with E-state index < -0.39 is 57.8 Å². The van der Waals surface area contributed by atoms with Gasteiger partial charge in [0.15, 0.2) is 6.10 Å². The molecule has 0 spiro atoms. The molecule has 0 rings (SSSR count). The first-order valence-electron chi connectivity index (χ1n) is 29.2. The highest BCUT2D eigenvalue weighted by Crippen LogP contribution is 2.43. The predicted molar refractivity (Wildman–Crippen MR) is 289 cm³/mol. The number of hydrogen-bond acceptors (Lipinski definition) is 10. The van der Waals surface area contributed by atoms with Crippen molar-refractivity contribution in [1.82, 2.24) is 0 Å². The maximum absolute atomic E-state index is 12.9. The summed E-state index contributed by atoms with van der Waals surface area (Å²) < 4.78 is 39.5. The molecule has 0 heterocycles. The molecule has 0 aliphatic rings. The fraction of sp³-hybridized carbons (Fsp3) is 0.879. The Morgan fingerprint density at radius 2 is 0.700 bits per heavy atom. The Balaban J connectivity index is 4.70. The average molecular weight is 1010 g/mol. The third kappa shape index (κ3) is 50.9. The Kier molecular flexibility index (Phi) is 51.7. The van der Waals surface area contributed by atoms with Gasteiger partial charge in [-0.05, 0) is 51.4 Å². The molecule has 0 bridgehead atoms. The quantitative estimate of drug-likeness (QED) is 0.0197. The maximum Gasteiger partial charge on any atom is 0.472 e. The number of hydrogen-bond donors (Lipinski definition) is 2. The number of ether oxygens (including phenoxy) is 3. The molecule has 0 radical (unpaired) electrons. The van der Waals surface area contributed by atoms with E-state index in [0.717, 1.165) is 83.5 Å². The molecule has 0 aliphatic carbocycles. The highest BCUT2D eigenvalue weighted by atomic mass is 31.2. The fourth-order valence-electron chi connectivity index (χ4n) is 8.39. The summed E-state index contributed by atoms with van der Waals surface area (Å²) in [4.78, 5) is 48.5. The van der Waals surface area contributed by atoms with Crippen LogP contribution in [0.2, 0.25) is 0 Å². The van der Waals surface area contributed by atoms with Crippen LogP contribution in [-0.2, 0) is 42.2 Å². The van der Waals surface area contributed by atoms with Gasteiger partial charge in [-0.15, -0.1) is 0 Å². The second kappa shape index (κ2) is 53.3. The molecule has 0 amide bonds. The molecule has 2 N–H and O–H groups in total. The molecule has 3 unspecified atom stereocenters. The highest BCUT2D eigenvalue weighted by Gasteiger charge is 2.28. The molecule has 412 valence electrons. The van der Waals surface area contributed by atoms with Gasteiger partial charge < -0.3 is 24.2 Å². The van der Waals surface area contributed by atoms with Crippen LogP contribution >= 0.6 is 7.82 Å². The van der Waals surface area contributed by atoms with Crippen molar-refractivity contribution >= 4 is 25.7 Å². The largest absolute Gasteiger partial charge is 0.472 e. The first kappa shape index (κ1) is 68.0. The van der Waals surface area contributed by atoms with Crippen molar-refractivity contribution in [2.24, 2.45) is 0 Å². The Morgan fingerprint density at radius 3 is 1.09 bits per heavy atom. The highest BCUT2D eigenvalue weighted by molar-refractivity contribution is 7.47. The number of unbranched alkanes of at least 4 members (excludes halogenated alkanes) is 34. The standard InChI is InChI=1S/C58H109O11P/c1-4-7-10-13-16-19-22-25-27-30-32-35-38-41-44-47-56(60)65-51-55(69-58(62)49-46-43-40-37-34-31-28-26-23-20-17-14-11-8-5-2)53-67-70(63,64)66-52-54(50-59)68-57(61)48-45-42-39-36-33-29-24-21-18-15-12-9-6-3/h17,20,26,28,54-55,59H,4-16,18-19,21-25,27,29-53H2,1-3H3,(H,63,64)/b20-17-,28-26-. The maximum atomic E-state index is 12.9. The van der Waals surface area contributed by atoms with Crippen molar-refractivity contribution in [2.45, 2.75) is 303 Å². The van der Waals surface area contributed by atoms with Crippen LogP contribution in [0.3, 0.4) is 0 Å². The number of carbonyl (C=O) groups excluding carboxylic acids is 3. The topological polar surface area (TPSA) is 155 Å². The van der Waals surface area contributed by atoms with Gasteiger partial charge in [0.25, 0.3) is 0 Å². The minimum absolute atomic E-state index is 0.157. The van der Waals surface area contributed by atoms with E-state index in [0.29, 0.717) is 19.3 Å². The van der Waals surface area contributed by atoms with E-state index >= 15 is 0 Å². The molecule has 0 fully saturated rings. The smallest absolute Gasteiger partial charge is 0.462 e. The molecule has 0 aromatic heterocycles. The first-order valence-corrected chi connectivity index (χ1v) is 30.7. The van der Waals surface area contributed by atoms with E-state index in [2.05, 4.69) is 45.1 Å². The van der Waals surface area contributed by atoms with Gasteiger partial charge >= 0.3 is 25.7 Å². The van der Waals surface area contributed by atoms with Crippen LogP contribution in [0.25, 0.3) is 0 Å². The van der Waals surface area contributed by atoms with Gasteiger partial charge in [-0.3, -0.25) is 23.4 Å². The Morgan fingerprint density at radius 1 is 0.400 bits per heavy atom. The van der Waals surface area contributed by atoms with E-state index in [1.807, 2.05) is 0 Å². The number of esters is 3. The summed E-state index contributed by atoms with van der Waals surface area (Å²) in [6.07, 6.45) is 52.7. The lowest BCUT2D eigenvalue weighted by Crippen LogP contribution is -2.30. The summed E-state index contributed by atoms with van der Waals surface area (Å²) in [5.74, 6) is -1.46. The molecule has 0 aliphatic heterocycles. The molecule has 11 nitrogen and oxygen atoms in total. The Hall–Kier alpha value is -2.04. The number of rotatable bonds is 55. The lowest BCUT2D eigenvalue weighted by Gasteiger charge is -2.21. The van der Waals surface area contributed by atoms with Crippen molar-refractivity contribution in [2.75, 3.05) is 26.4 Å². The fourth-order valence-corrected chi connectivity index (χ4v) is 9.17. The summed E-state index contributed by atoms with van der Waals surface area (Å²) in [5.41, 5.74) is 0. The van der Waals surface area contributed by atoms with Gasteiger partial charge in [0.1, 0.15) is 12.7 Å². The summed E-state index contributed by atoms with van der Waals surface area (Å²) in [6, 6.07) is 0. The number of carbonyl (C=O) groups is 3. The van der Waals surface area contributed by atoms with E-state index in [9.17, 15) is 28.9 Å². The monoisotopic (exact) mass is 1010 g/mol. The number of allylic oxidation sites excluding steroid dienone is 4. The molecular formula is C58H109O11P. The Bertz CT molecular complexity index is 1270. The van der Waals surface area contributed by atoms with Gasteiger partial charge in [-0.1, -0.05) is 244 Å². The number of phosphoric ester groups is 1. The van der Waals surface area contributed by atoms with Crippen LogP contribution in [0.4, 0.5) is 0 Å². The van der Waals surface area contributed by atoms with Gasteiger partial charge in [-0.2, -0.15) is 0 Å². The molecule has 12 heteroatoms. The van der Waals surface area contributed by atoms with E-state index in [1.54, 1.807) is 0 Å². The zero-order chi connectivity index (χ0) is 51.3. The van der Waals surface area contributed by atoms with E-state index in [1.165, 1.54) is 148 Å². The molecule has 0 aromatic carbocycles. The van der Waals surface area contributed by atoms with E-state index in [4.69, 9.17) is 23.3 Å². The summed E-state index contributed by atoms with van der Waals surface area (Å²) in [6.45, 7) is 4.65. The molecule has 3 atom stereocenters. The first-order chi connectivity index (χ1) is 34.2. The van der Waals surface area contributed by atoms with Crippen LogP contribution in [0.15, 0.2) is 24.3 Å². The van der Waals surface area contributed by atoms with Crippen LogP contribution in [0.1, 0.15) is 290 Å². The molecule has 0 saturated carbocycles. The Labute approximate surface area is 429 Å². The SMILES string of the molecule is CCCCC/C=C\C/C=C\CCCCCCCC(=O)OC(COC(=O)CCCCCCCCCCCCCCCCC)COP(=O)(O)OCC(CO)OC(=O)CCCCCCCCCCCCCCC. The van der Waals surface area contributed by atoms with Crippen LogP contribution < -0.4 is 0 Å². The second-order valence-corrected chi connectivity index (χ2v) is 21.3. The van der Waals surface area contributed by atoms with Crippen molar-refractivity contribution in [3.63, 3.8) is 0 Å². The van der Waals surface area contributed by atoms with Gasteiger partial charge in [0.2, 0.25) is 0 Å². The summed E-state index contributed by atoms with van der Waals surface area (Å²) in [7, 11) is -4.74. The summed E-state index contributed by atoms with van der Waals surface area (Å²) in [5, 5.41) is 9.80. The third-order valence-electron chi connectivity index (χ3n) is 12.9. The lowest BCUT2D eigenvalue weighted by atomic mass is 10.0. The average Bonchev–Trinajstić information content (AvgIpc) is 3.35. The molecule has 0 aromatic rings.